The summed E-state index contributed by atoms with van der Waals surface area (Å²) in [6, 6.07) is 0. The van der Waals surface area contributed by atoms with Crippen molar-refractivity contribution in [2.24, 2.45) is 5.92 Å². The van der Waals surface area contributed by atoms with Crippen LogP contribution in [0, 0.1) is 5.92 Å². The van der Waals surface area contributed by atoms with Crippen molar-refractivity contribution < 1.29 is 128 Å². The van der Waals surface area contributed by atoms with Crippen molar-refractivity contribution in [2.45, 2.75) is 103 Å². The molecule has 0 saturated heterocycles. The largest absolute Gasteiger partial charge is 1.00 e. The van der Waals surface area contributed by atoms with Crippen LogP contribution >= 0.6 is 7.82 Å². The Kier molecular flexibility index (Phi) is 44.2. The van der Waals surface area contributed by atoms with Crippen molar-refractivity contribution in [1.82, 2.24) is 0 Å². The Morgan fingerprint density at radius 1 is 0.848 bits per heavy atom. The van der Waals surface area contributed by atoms with E-state index in [-0.39, 0.29) is 102 Å². The summed E-state index contributed by atoms with van der Waals surface area (Å²) in [5.41, 5.74) is 0. The van der Waals surface area contributed by atoms with E-state index < -0.39 is 25.8 Å². The maximum absolute atomic E-state index is 11.1. The molecule has 0 heterocycles. The summed E-state index contributed by atoms with van der Waals surface area (Å²) in [6.07, 6.45) is 19.0. The molecule has 0 aliphatic rings. The van der Waals surface area contributed by atoms with Crippen molar-refractivity contribution in [3.05, 3.63) is 12.2 Å². The van der Waals surface area contributed by atoms with Crippen molar-refractivity contribution in [3.63, 3.8) is 0 Å². The molecule has 2 atom stereocenters. The molecule has 0 spiro atoms. The van der Waals surface area contributed by atoms with E-state index in [9.17, 15) is 9.90 Å². The monoisotopic (exact) mass is 520 g/mol. The number of carboxylic acid groups (broad SMARTS) is 1. The van der Waals surface area contributed by atoms with Crippen LogP contribution in [0.15, 0.2) is 12.2 Å². The van der Waals surface area contributed by atoms with Crippen LogP contribution < -0.4 is 103 Å². The van der Waals surface area contributed by atoms with Crippen molar-refractivity contribution in [1.29, 1.82) is 0 Å². The molecule has 180 valence electrons. The van der Waals surface area contributed by atoms with Gasteiger partial charge in [-0.25, -0.2) is 0 Å². The van der Waals surface area contributed by atoms with Crippen LogP contribution in [0.25, 0.3) is 0 Å². The van der Waals surface area contributed by atoms with E-state index in [0.717, 1.165) is 32.1 Å². The summed E-state index contributed by atoms with van der Waals surface area (Å²) in [5, 5.41) is 27.3. The summed E-state index contributed by atoms with van der Waals surface area (Å²) < 4.78 is 8.55. The zero-order valence-corrected chi connectivity index (χ0v) is 28.1. The van der Waals surface area contributed by atoms with Gasteiger partial charge in [0.05, 0.1) is 18.6 Å². The fourth-order valence-corrected chi connectivity index (χ4v) is 3.03. The predicted molar refractivity (Wildman–Crippen MR) is 111 cm³/mol. The molecule has 2 unspecified atom stereocenters. The third-order valence-electron chi connectivity index (χ3n) is 4.68. The Balaban J connectivity index is -0.000000293. The molecular formula is C21H40Na3O8P. The van der Waals surface area contributed by atoms with Crippen LogP contribution in [0.3, 0.4) is 0 Å². The fraction of sp³-hybridized carbons (Fsp3) is 0.857. The molecule has 3 N–H and O–H groups in total. The van der Waals surface area contributed by atoms with Gasteiger partial charge in [-0.05, 0) is 38.5 Å². The van der Waals surface area contributed by atoms with Crippen LogP contribution in [0.5, 0.6) is 0 Å². The number of carboxylic acids is 1. The molecule has 0 radical (unpaired) electrons. The number of hydrogen-bond donors (Lipinski definition) is 3. The summed E-state index contributed by atoms with van der Waals surface area (Å²) >= 11 is 0. The minimum Gasteiger partial charge on any atom is -0.822 e. The van der Waals surface area contributed by atoms with E-state index in [4.69, 9.17) is 29.5 Å². The predicted octanol–water partition coefficient (Wildman–Crippen LogP) is -6.73. The van der Waals surface area contributed by atoms with Crippen LogP contribution in [-0.2, 0) is 9.36 Å². The number of aliphatic hydroxyl groups is 2. The van der Waals surface area contributed by atoms with Gasteiger partial charge in [0, 0.05) is 0 Å². The second kappa shape index (κ2) is 32.3. The van der Waals surface area contributed by atoms with Gasteiger partial charge in [0.1, 0.15) is 0 Å². The van der Waals surface area contributed by atoms with Gasteiger partial charge in [-0.2, -0.15) is 7.82 Å². The molecule has 33 heavy (non-hydrogen) atoms. The van der Waals surface area contributed by atoms with Crippen LogP contribution in [-0.4, -0.2) is 34.0 Å². The van der Waals surface area contributed by atoms with Gasteiger partial charge in [-0.3, -0.25) is 4.79 Å². The number of allylic oxidation sites excluding steroid dienone is 2. The first-order valence-electron chi connectivity index (χ1n) is 11.0. The molecule has 0 rings (SSSR count). The first kappa shape index (κ1) is 45.2. The molecule has 0 bridgehead atoms. The van der Waals surface area contributed by atoms with Gasteiger partial charge in [0.25, 0.3) is 0 Å². The maximum atomic E-state index is 11.1. The molecule has 8 nitrogen and oxygen atoms in total. The summed E-state index contributed by atoms with van der Waals surface area (Å²) in [6.45, 7) is 1.88. The third-order valence-corrected chi connectivity index (χ3v) is 4.68. The third kappa shape index (κ3) is 44.6. The number of carbonyl (C=O) groups is 1. The minimum atomic E-state index is -5.39. The van der Waals surface area contributed by atoms with Gasteiger partial charge in [-0.15, -0.1) is 0 Å². The average molecular weight is 520 g/mol. The number of rotatable bonds is 18. The molecule has 0 saturated carbocycles. The van der Waals surface area contributed by atoms with Crippen molar-refractivity contribution in [2.75, 3.05) is 6.61 Å². The Morgan fingerprint density at radius 3 is 1.64 bits per heavy atom. The van der Waals surface area contributed by atoms with E-state index in [2.05, 4.69) is 19.1 Å². The quantitative estimate of drug-likeness (QED) is 0.0695. The molecule has 0 aromatic rings. The number of phosphoric acid groups is 1. The van der Waals surface area contributed by atoms with Crippen LogP contribution in [0.4, 0.5) is 0 Å². The van der Waals surface area contributed by atoms with Crippen LogP contribution in [0.2, 0.25) is 0 Å². The second-order valence-corrected chi connectivity index (χ2v) is 8.47. The van der Waals surface area contributed by atoms with Gasteiger partial charge >= 0.3 is 94.6 Å². The molecule has 0 fully saturated rings. The van der Waals surface area contributed by atoms with E-state index in [1.54, 1.807) is 0 Å². The smallest absolute Gasteiger partial charge is 0.822 e. The minimum absolute atomic E-state index is 0. The summed E-state index contributed by atoms with van der Waals surface area (Å²) in [5.74, 6) is -1.41. The maximum Gasteiger partial charge on any atom is 1.00 e. The van der Waals surface area contributed by atoms with Crippen molar-refractivity contribution >= 4 is 13.8 Å². The number of aliphatic carboxylic acids is 1. The summed E-state index contributed by atoms with van der Waals surface area (Å²) in [7, 11) is -5.39. The molecule has 0 amide bonds. The normalized spacial score (nSPS) is 12.4. The number of aliphatic hydroxyl groups excluding tert-OH is 2. The van der Waals surface area contributed by atoms with E-state index in [0.29, 0.717) is 6.42 Å². The van der Waals surface area contributed by atoms with E-state index in [1.165, 1.54) is 44.9 Å². The molecule has 0 aromatic carbocycles. The first-order valence-corrected chi connectivity index (χ1v) is 12.5. The van der Waals surface area contributed by atoms with Gasteiger partial charge in [-0.1, -0.05) is 70.4 Å². The summed E-state index contributed by atoms with van der Waals surface area (Å²) in [4.78, 5) is 36.8. The second-order valence-electron chi connectivity index (χ2n) is 7.57. The average Bonchev–Trinajstić information content (AvgIpc) is 2.65. The van der Waals surface area contributed by atoms with Gasteiger partial charge < -0.3 is 34.6 Å². The zero-order valence-electron chi connectivity index (χ0n) is 21.2. The molecular weight excluding hydrogens is 480 g/mol. The molecule has 0 aliphatic carbocycles. The van der Waals surface area contributed by atoms with Gasteiger partial charge in [0.2, 0.25) is 0 Å². The Hall–Kier alpha value is 2.24. The SMILES string of the molecule is CCCCCCCCC=CCCCCCCC(CC(O)CO)C(=O)O.O=P([O-])([O-])[O-].[Na+].[Na+].[Na+]. The molecule has 12 heteroatoms. The van der Waals surface area contributed by atoms with Crippen molar-refractivity contribution in [3.8, 4) is 0 Å². The number of hydrogen-bond acceptors (Lipinski definition) is 7. The standard InChI is InChI=1S/C21H40O4.3Na.H3O4P/c1-2-3-4-5-6-7-8-9-10-11-12-13-14-15-16-19(21(24)25)17-20(23)18-22;;;;1-5(2,3)4/h9-10,19-20,22-23H,2-8,11-18H2,1H3,(H,24,25);;;;(H3,1,2,3,4)/q;3*+1;/p-3. The van der Waals surface area contributed by atoms with E-state index >= 15 is 0 Å². The first-order chi connectivity index (χ1) is 14.1. The van der Waals surface area contributed by atoms with Crippen LogP contribution in [0.1, 0.15) is 96.8 Å². The Bertz CT molecular complexity index is 470. The Labute approximate surface area is 266 Å². The Morgan fingerprint density at radius 2 is 1.24 bits per heavy atom. The van der Waals surface area contributed by atoms with E-state index in [1.807, 2.05) is 0 Å². The topological polar surface area (TPSA) is 164 Å². The fourth-order valence-electron chi connectivity index (χ4n) is 3.03. The molecule has 0 aromatic heterocycles. The number of unbranched alkanes of at least 4 members (excludes halogenated alkanes) is 10. The zero-order chi connectivity index (χ0) is 23.3. The molecule has 0 aliphatic heterocycles. The van der Waals surface area contributed by atoms with Gasteiger partial charge in [0.15, 0.2) is 0 Å².